The molecule has 2 aromatic carbocycles. The summed E-state index contributed by atoms with van der Waals surface area (Å²) in [5, 5.41) is 0.782. The number of nitrogens with zero attached hydrogens (tertiary/aromatic N) is 1. The molecule has 1 aromatic heterocycles. The van der Waals surface area contributed by atoms with Gasteiger partial charge in [0.1, 0.15) is 18.6 Å². The number of rotatable bonds is 7. The van der Waals surface area contributed by atoms with Gasteiger partial charge in [-0.15, -0.1) is 11.8 Å². The molecule has 154 valence electrons. The van der Waals surface area contributed by atoms with Crippen LogP contribution in [0.25, 0.3) is 0 Å². The minimum absolute atomic E-state index is 0.134. The molecule has 1 aliphatic heterocycles. The largest absolute Gasteiger partial charge is 0.482 e. The molecule has 4 nitrogen and oxygen atoms in total. The van der Waals surface area contributed by atoms with Gasteiger partial charge in [0, 0.05) is 29.3 Å². The molecule has 0 unspecified atom stereocenters. The second-order valence-electron chi connectivity index (χ2n) is 8.09. The first-order valence-electron chi connectivity index (χ1n) is 10.5. The lowest BCUT2D eigenvalue weighted by Gasteiger charge is -2.24. The molecule has 0 saturated heterocycles. The van der Waals surface area contributed by atoms with Crippen LogP contribution in [0.3, 0.4) is 0 Å². The third-order valence-electron chi connectivity index (χ3n) is 5.81. The van der Waals surface area contributed by atoms with Gasteiger partial charge in [-0.05, 0) is 41.7 Å². The minimum atomic E-state index is -0.134. The van der Waals surface area contributed by atoms with E-state index in [1.54, 1.807) is 6.07 Å². The predicted octanol–water partition coefficient (Wildman–Crippen LogP) is 5.38. The summed E-state index contributed by atoms with van der Waals surface area (Å²) < 4.78 is 11.4. The Balaban J connectivity index is 1.16. The van der Waals surface area contributed by atoms with Gasteiger partial charge in [-0.3, -0.25) is 9.69 Å². The zero-order chi connectivity index (χ0) is 20.3. The fraction of sp³-hybridized carbons (Fsp3) is 0.320. The average Bonchev–Trinajstić information content (AvgIpc) is 3.13. The lowest BCUT2D eigenvalue weighted by atomic mass is 10.0. The molecule has 0 N–H and O–H groups in total. The Morgan fingerprint density at radius 3 is 2.40 bits per heavy atom. The Bertz CT molecular complexity index is 1050. The molecule has 0 bridgehead atoms. The monoisotopic (exact) mass is 419 g/mol. The van der Waals surface area contributed by atoms with Crippen molar-refractivity contribution in [2.75, 3.05) is 0 Å². The molecule has 3 aromatic rings. The maximum atomic E-state index is 12.5. The topological polar surface area (TPSA) is 42.7 Å². The van der Waals surface area contributed by atoms with E-state index in [4.69, 9.17) is 9.15 Å². The first-order valence-corrected chi connectivity index (χ1v) is 11.4. The minimum Gasteiger partial charge on any atom is -0.482 e. The standard InChI is InChI=1S/C25H25NO3S/c27-24-12-21(15-26-13-19-4-1-2-5-20(19)14-26)28-17-25(24)29-16-18-8-10-23(11-9-18)30-22-6-3-7-22/h1-2,4-5,8-12,17,22H,3,6-7,13-16H2. The van der Waals surface area contributed by atoms with Crippen LogP contribution >= 0.6 is 11.8 Å². The molecule has 1 aliphatic carbocycles. The fourth-order valence-corrected chi connectivity index (χ4v) is 5.12. The van der Waals surface area contributed by atoms with Gasteiger partial charge < -0.3 is 9.15 Å². The summed E-state index contributed by atoms with van der Waals surface area (Å²) in [6.45, 7) is 2.74. The quantitative estimate of drug-likeness (QED) is 0.514. The van der Waals surface area contributed by atoms with Gasteiger partial charge in [0.25, 0.3) is 0 Å². The van der Waals surface area contributed by atoms with Crippen LogP contribution in [-0.2, 0) is 26.2 Å². The lowest BCUT2D eigenvalue weighted by Crippen LogP contribution is -2.17. The Kier molecular flexibility index (Phi) is 5.65. The van der Waals surface area contributed by atoms with Gasteiger partial charge in [0.2, 0.25) is 11.2 Å². The first-order chi connectivity index (χ1) is 14.7. The van der Waals surface area contributed by atoms with E-state index in [1.165, 1.54) is 41.5 Å². The number of hydrogen-bond acceptors (Lipinski definition) is 5. The Morgan fingerprint density at radius 2 is 1.77 bits per heavy atom. The number of fused-ring (bicyclic) bond motifs is 1. The van der Waals surface area contributed by atoms with Crippen molar-refractivity contribution in [3.8, 4) is 5.75 Å². The highest BCUT2D eigenvalue weighted by Crippen LogP contribution is 2.36. The molecule has 0 radical (unpaired) electrons. The fourth-order valence-electron chi connectivity index (χ4n) is 3.87. The van der Waals surface area contributed by atoms with E-state index in [1.807, 2.05) is 11.8 Å². The highest BCUT2D eigenvalue weighted by Gasteiger charge is 2.20. The molecule has 2 heterocycles. The number of thioether (sulfide) groups is 1. The van der Waals surface area contributed by atoms with Crippen molar-refractivity contribution in [3.05, 3.63) is 93.5 Å². The molecule has 2 aliphatic rings. The van der Waals surface area contributed by atoms with Crippen molar-refractivity contribution in [2.24, 2.45) is 0 Å². The normalized spacial score (nSPS) is 16.3. The molecule has 30 heavy (non-hydrogen) atoms. The van der Waals surface area contributed by atoms with E-state index in [9.17, 15) is 4.79 Å². The van der Waals surface area contributed by atoms with E-state index in [0.29, 0.717) is 18.9 Å². The predicted molar refractivity (Wildman–Crippen MR) is 119 cm³/mol. The number of benzene rings is 2. The smallest absolute Gasteiger partial charge is 0.227 e. The first kappa shape index (κ1) is 19.5. The van der Waals surface area contributed by atoms with Crippen LogP contribution in [0.15, 0.2) is 75.0 Å². The third-order valence-corrected chi connectivity index (χ3v) is 7.16. The summed E-state index contributed by atoms with van der Waals surface area (Å²) >= 11 is 1.96. The van der Waals surface area contributed by atoms with E-state index in [0.717, 1.165) is 23.9 Å². The second-order valence-corrected chi connectivity index (χ2v) is 9.47. The van der Waals surface area contributed by atoms with E-state index >= 15 is 0 Å². The third kappa shape index (κ3) is 4.47. The van der Waals surface area contributed by atoms with E-state index in [-0.39, 0.29) is 11.2 Å². The van der Waals surface area contributed by atoms with Crippen LogP contribution in [0.4, 0.5) is 0 Å². The zero-order valence-corrected chi connectivity index (χ0v) is 17.7. The van der Waals surface area contributed by atoms with Crippen molar-refractivity contribution >= 4 is 11.8 Å². The molecule has 0 spiro atoms. The highest BCUT2D eigenvalue weighted by atomic mass is 32.2. The molecule has 5 heteroatoms. The van der Waals surface area contributed by atoms with Gasteiger partial charge >= 0.3 is 0 Å². The molecule has 0 atom stereocenters. The van der Waals surface area contributed by atoms with Crippen molar-refractivity contribution in [1.29, 1.82) is 0 Å². The van der Waals surface area contributed by atoms with Crippen molar-refractivity contribution in [3.63, 3.8) is 0 Å². The molecule has 5 rings (SSSR count). The molecular formula is C25H25NO3S. The van der Waals surface area contributed by atoms with Crippen LogP contribution in [0.5, 0.6) is 5.75 Å². The summed E-state index contributed by atoms with van der Waals surface area (Å²) in [7, 11) is 0. The van der Waals surface area contributed by atoms with Crippen LogP contribution < -0.4 is 10.2 Å². The summed E-state index contributed by atoms with van der Waals surface area (Å²) in [5.74, 6) is 0.925. The number of ether oxygens (including phenoxy) is 1. The van der Waals surface area contributed by atoms with Gasteiger partial charge in [0.05, 0.1) is 6.54 Å². The summed E-state index contributed by atoms with van der Waals surface area (Å²) in [5.41, 5.74) is 3.60. The maximum Gasteiger partial charge on any atom is 0.227 e. The SMILES string of the molecule is O=c1cc(CN2Cc3ccccc3C2)occ1OCc1ccc(SC2CCC2)cc1. The molecular weight excluding hydrogens is 394 g/mol. The van der Waals surface area contributed by atoms with Gasteiger partial charge in [-0.1, -0.05) is 42.8 Å². The van der Waals surface area contributed by atoms with Crippen LogP contribution in [-0.4, -0.2) is 10.1 Å². The van der Waals surface area contributed by atoms with Crippen LogP contribution in [0.1, 0.15) is 41.7 Å². The van der Waals surface area contributed by atoms with Crippen molar-refractivity contribution in [1.82, 2.24) is 4.90 Å². The lowest BCUT2D eigenvalue weighted by molar-refractivity contribution is 0.241. The van der Waals surface area contributed by atoms with Crippen LogP contribution in [0.2, 0.25) is 0 Å². The van der Waals surface area contributed by atoms with Gasteiger partial charge in [-0.25, -0.2) is 0 Å². The summed E-state index contributed by atoms with van der Waals surface area (Å²) in [6.07, 6.45) is 5.45. The Morgan fingerprint density at radius 1 is 1.03 bits per heavy atom. The number of hydrogen-bond donors (Lipinski definition) is 0. The van der Waals surface area contributed by atoms with Gasteiger partial charge in [0.15, 0.2) is 0 Å². The average molecular weight is 420 g/mol. The highest BCUT2D eigenvalue weighted by molar-refractivity contribution is 8.00. The summed E-state index contributed by atoms with van der Waals surface area (Å²) in [4.78, 5) is 16.0. The zero-order valence-electron chi connectivity index (χ0n) is 16.9. The van der Waals surface area contributed by atoms with E-state index < -0.39 is 0 Å². The van der Waals surface area contributed by atoms with Crippen molar-refractivity contribution in [2.45, 2.75) is 55.6 Å². The molecule has 1 fully saturated rings. The van der Waals surface area contributed by atoms with Crippen LogP contribution in [0, 0.1) is 0 Å². The second kappa shape index (κ2) is 8.70. The molecule has 1 saturated carbocycles. The summed E-state index contributed by atoms with van der Waals surface area (Å²) in [6, 6.07) is 18.4. The Hall–Kier alpha value is -2.50. The maximum absolute atomic E-state index is 12.5. The van der Waals surface area contributed by atoms with E-state index in [2.05, 4.69) is 53.4 Å². The Labute approximate surface area is 180 Å². The van der Waals surface area contributed by atoms with Gasteiger partial charge in [-0.2, -0.15) is 0 Å². The molecule has 0 amide bonds. The van der Waals surface area contributed by atoms with Crippen molar-refractivity contribution < 1.29 is 9.15 Å².